The van der Waals surface area contributed by atoms with E-state index in [9.17, 15) is 4.79 Å². The quantitative estimate of drug-likeness (QED) is 0.773. The smallest absolute Gasteiger partial charge is 0.229 e. The number of anilines is 1. The lowest BCUT2D eigenvalue weighted by Gasteiger charge is -2.02. The van der Waals surface area contributed by atoms with E-state index in [4.69, 9.17) is 5.26 Å². The summed E-state index contributed by atoms with van der Waals surface area (Å²) in [7, 11) is 0. The molecule has 4 nitrogen and oxygen atoms in total. The number of nitrogens with one attached hydrogen (secondary N) is 2. The third-order valence-electron chi connectivity index (χ3n) is 3.06. The minimum atomic E-state index is -0.117. The van der Waals surface area contributed by atoms with Crippen LogP contribution in [0.3, 0.4) is 0 Å². The molecule has 5 heteroatoms. The molecular weight excluding hydrogens is 270 g/mol. The van der Waals surface area contributed by atoms with Crippen molar-refractivity contribution in [2.24, 2.45) is 0 Å². The van der Waals surface area contributed by atoms with Gasteiger partial charge in [-0.05, 0) is 23.1 Å². The van der Waals surface area contributed by atoms with Crippen LogP contribution in [-0.2, 0) is 11.2 Å². The highest BCUT2D eigenvalue weighted by atomic mass is 32.1. The van der Waals surface area contributed by atoms with Crippen molar-refractivity contribution in [3.63, 3.8) is 0 Å². The third-order valence-corrected chi connectivity index (χ3v) is 3.89. The topological polar surface area (TPSA) is 68.7 Å². The van der Waals surface area contributed by atoms with Gasteiger partial charge < -0.3 is 10.3 Å². The maximum Gasteiger partial charge on any atom is 0.229 e. The summed E-state index contributed by atoms with van der Waals surface area (Å²) >= 11 is 1.36. The largest absolute Gasteiger partial charge is 0.361 e. The van der Waals surface area contributed by atoms with Gasteiger partial charge in [0, 0.05) is 17.1 Å². The summed E-state index contributed by atoms with van der Waals surface area (Å²) in [6, 6.07) is 11.6. The standard InChI is InChI=1S/C15H11N3OS/c16-8-10-5-6-20-15(10)18-14(19)7-11-9-17-13-4-2-1-3-12(11)13/h1-6,9,17H,7H2,(H,18,19). The maximum absolute atomic E-state index is 12.1. The number of carbonyl (C=O) groups excluding carboxylic acids is 1. The number of nitrogens with zero attached hydrogens (tertiary/aromatic N) is 1. The molecule has 0 bridgehead atoms. The monoisotopic (exact) mass is 281 g/mol. The highest BCUT2D eigenvalue weighted by molar-refractivity contribution is 7.14. The molecule has 0 radical (unpaired) electrons. The number of rotatable bonds is 3. The summed E-state index contributed by atoms with van der Waals surface area (Å²) in [5, 5.41) is 15.2. The second-order valence-electron chi connectivity index (χ2n) is 4.36. The summed E-state index contributed by atoms with van der Waals surface area (Å²) in [6.45, 7) is 0. The molecule has 2 heterocycles. The van der Waals surface area contributed by atoms with Gasteiger partial charge in [0.15, 0.2) is 0 Å². The van der Waals surface area contributed by atoms with E-state index in [-0.39, 0.29) is 12.3 Å². The molecule has 98 valence electrons. The molecule has 2 N–H and O–H groups in total. The molecular formula is C15H11N3OS. The number of carbonyl (C=O) groups is 1. The Kier molecular flexibility index (Phi) is 3.23. The Balaban J connectivity index is 1.78. The fourth-order valence-electron chi connectivity index (χ4n) is 2.12. The SMILES string of the molecule is N#Cc1ccsc1NC(=O)Cc1c[nH]c2ccccc12. The van der Waals surface area contributed by atoms with Gasteiger partial charge in [0.1, 0.15) is 11.1 Å². The highest BCUT2D eigenvalue weighted by Gasteiger charge is 2.11. The van der Waals surface area contributed by atoms with Gasteiger partial charge in [-0.15, -0.1) is 11.3 Å². The molecule has 0 saturated heterocycles. The summed E-state index contributed by atoms with van der Waals surface area (Å²) in [5.74, 6) is -0.117. The normalized spacial score (nSPS) is 10.3. The van der Waals surface area contributed by atoms with Gasteiger partial charge in [-0.3, -0.25) is 4.79 Å². The van der Waals surface area contributed by atoms with Crippen molar-refractivity contribution in [3.05, 3.63) is 53.0 Å². The lowest BCUT2D eigenvalue weighted by atomic mass is 10.1. The van der Waals surface area contributed by atoms with E-state index >= 15 is 0 Å². The van der Waals surface area contributed by atoms with Gasteiger partial charge in [0.2, 0.25) is 5.91 Å². The number of aromatic nitrogens is 1. The Morgan fingerprint density at radius 3 is 3.05 bits per heavy atom. The van der Waals surface area contributed by atoms with E-state index in [0.717, 1.165) is 16.5 Å². The van der Waals surface area contributed by atoms with Gasteiger partial charge in [0.25, 0.3) is 0 Å². The number of nitriles is 1. The molecule has 0 saturated carbocycles. The van der Waals surface area contributed by atoms with Crippen molar-refractivity contribution in [3.8, 4) is 6.07 Å². The molecule has 2 aromatic heterocycles. The van der Waals surface area contributed by atoms with E-state index in [2.05, 4.69) is 16.4 Å². The van der Waals surface area contributed by atoms with Crippen LogP contribution in [0.2, 0.25) is 0 Å². The lowest BCUT2D eigenvalue weighted by molar-refractivity contribution is -0.115. The number of benzene rings is 1. The number of para-hydroxylation sites is 1. The van der Waals surface area contributed by atoms with Crippen molar-refractivity contribution < 1.29 is 4.79 Å². The molecule has 3 aromatic rings. The Bertz CT molecular complexity index is 810. The van der Waals surface area contributed by atoms with Crippen LogP contribution in [0, 0.1) is 11.3 Å². The number of hydrogen-bond donors (Lipinski definition) is 2. The van der Waals surface area contributed by atoms with E-state index < -0.39 is 0 Å². The summed E-state index contributed by atoms with van der Waals surface area (Å²) in [5.41, 5.74) is 2.47. The van der Waals surface area contributed by atoms with Crippen LogP contribution >= 0.6 is 11.3 Å². The lowest BCUT2D eigenvalue weighted by Crippen LogP contribution is -2.13. The van der Waals surface area contributed by atoms with Gasteiger partial charge >= 0.3 is 0 Å². The van der Waals surface area contributed by atoms with Crippen LogP contribution in [0.5, 0.6) is 0 Å². The van der Waals surface area contributed by atoms with Crippen molar-refractivity contribution in [2.45, 2.75) is 6.42 Å². The third kappa shape index (κ3) is 2.29. The van der Waals surface area contributed by atoms with E-state index in [0.29, 0.717) is 10.6 Å². The minimum Gasteiger partial charge on any atom is -0.361 e. The van der Waals surface area contributed by atoms with Gasteiger partial charge in [-0.2, -0.15) is 5.26 Å². The number of amides is 1. The van der Waals surface area contributed by atoms with E-state index in [1.54, 1.807) is 11.4 Å². The first-order valence-electron chi connectivity index (χ1n) is 6.10. The number of H-pyrrole nitrogens is 1. The summed E-state index contributed by atoms with van der Waals surface area (Å²) in [6.07, 6.45) is 2.14. The number of hydrogen-bond acceptors (Lipinski definition) is 3. The Hall–Kier alpha value is -2.58. The van der Waals surface area contributed by atoms with Gasteiger partial charge in [-0.25, -0.2) is 0 Å². The first-order valence-corrected chi connectivity index (χ1v) is 6.98. The molecule has 0 aliphatic carbocycles. The fourth-order valence-corrected chi connectivity index (χ4v) is 2.87. The fraction of sp³-hybridized carbons (Fsp3) is 0.0667. The zero-order valence-electron chi connectivity index (χ0n) is 10.5. The molecule has 0 aliphatic rings. The Labute approximate surface area is 119 Å². The van der Waals surface area contributed by atoms with Gasteiger partial charge in [0.05, 0.1) is 12.0 Å². The second kappa shape index (κ2) is 5.19. The zero-order chi connectivity index (χ0) is 13.9. The van der Waals surface area contributed by atoms with Crippen molar-refractivity contribution in [1.29, 1.82) is 5.26 Å². The number of thiophene rings is 1. The molecule has 3 rings (SSSR count). The zero-order valence-corrected chi connectivity index (χ0v) is 11.3. The summed E-state index contributed by atoms with van der Waals surface area (Å²) < 4.78 is 0. The van der Waals surface area contributed by atoms with Gasteiger partial charge in [-0.1, -0.05) is 18.2 Å². The average molecular weight is 281 g/mol. The van der Waals surface area contributed by atoms with Crippen LogP contribution in [0.4, 0.5) is 5.00 Å². The summed E-state index contributed by atoms with van der Waals surface area (Å²) in [4.78, 5) is 15.2. The first-order chi connectivity index (χ1) is 9.78. The highest BCUT2D eigenvalue weighted by Crippen LogP contribution is 2.23. The van der Waals surface area contributed by atoms with Crippen molar-refractivity contribution in [2.75, 3.05) is 5.32 Å². The van der Waals surface area contributed by atoms with E-state index in [1.165, 1.54) is 11.3 Å². The first kappa shape index (κ1) is 12.5. The molecule has 0 spiro atoms. The van der Waals surface area contributed by atoms with E-state index in [1.807, 2.05) is 30.5 Å². The molecule has 0 fully saturated rings. The molecule has 1 amide bonds. The molecule has 1 aromatic carbocycles. The predicted molar refractivity (Wildman–Crippen MR) is 79.7 cm³/mol. The second-order valence-corrected chi connectivity index (χ2v) is 5.28. The Morgan fingerprint density at radius 1 is 1.35 bits per heavy atom. The number of fused-ring (bicyclic) bond motifs is 1. The maximum atomic E-state index is 12.1. The number of aromatic amines is 1. The van der Waals surface area contributed by atoms with Crippen LogP contribution in [-0.4, -0.2) is 10.9 Å². The minimum absolute atomic E-state index is 0.117. The molecule has 20 heavy (non-hydrogen) atoms. The Morgan fingerprint density at radius 2 is 2.20 bits per heavy atom. The van der Waals surface area contributed by atoms with Crippen molar-refractivity contribution >= 4 is 33.1 Å². The van der Waals surface area contributed by atoms with Crippen LogP contribution in [0.25, 0.3) is 10.9 Å². The van der Waals surface area contributed by atoms with Crippen LogP contribution in [0.15, 0.2) is 41.9 Å². The van der Waals surface area contributed by atoms with Crippen LogP contribution < -0.4 is 5.32 Å². The predicted octanol–water partition coefficient (Wildman–Crippen LogP) is 3.28. The van der Waals surface area contributed by atoms with Crippen molar-refractivity contribution in [1.82, 2.24) is 4.98 Å². The molecule has 0 atom stereocenters. The molecule has 0 unspecified atom stereocenters. The van der Waals surface area contributed by atoms with Crippen LogP contribution in [0.1, 0.15) is 11.1 Å². The average Bonchev–Trinajstić information content (AvgIpc) is 3.06. The molecule has 0 aliphatic heterocycles.